The number of rotatable bonds is 7. The van der Waals surface area contributed by atoms with E-state index in [1.807, 2.05) is 0 Å². The van der Waals surface area contributed by atoms with Crippen LogP contribution < -0.4 is 0 Å². The molecule has 0 spiro atoms. The Balaban J connectivity index is 1.75. The Hall–Kier alpha value is -2.12. The van der Waals surface area contributed by atoms with E-state index in [-0.39, 0.29) is 5.41 Å². The Bertz CT molecular complexity index is 840. The van der Waals surface area contributed by atoms with Gasteiger partial charge in [0, 0.05) is 13.1 Å². The summed E-state index contributed by atoms with van der Waals surface area (Å²) in [5.74, 6) is 0. The number of hydrogen-bond acceptors (Lipinski definition) is 1. The first-order chi connectivity index (χ1) is 12.5. The lowest BCUT2D eigenvalue weighted by Crippen LogP contribution is -2.22. The fourth-order valence-electron chi connectivity index (χ4n) is 3.47. The first kappa shape index (κ1) is 18.7. The van der Waals surface area contributed by atoms with Crippen molar-refractivity contribution < 1.29 is 0 Å². The second kappa shape index (κ2) is 8.05. The minimum Gasteiger partial charge on any atom is -0.295 e. The highest BCUT2D eigenvalue weighted by molar-refractivity contribution is 5.85. The molecule has 0 amide bonds. The number of nitrogens with zero attached hydrogens (tertiary/aromatic N) is 1. The van der Waals surface area contributed by atoms with Crippen LogP contribution in [0.25, 0.3) is 10.8 Å². The van der Waals surface area contributed by atoms with Crippen LogP contribution in [0.4, 0.5) is 0 Å². The molecule has 0 unspecified atom stereocenters. The average Bonchev–Trinajstić information content (AvgIpc) is 2.68. The van der Waals surface area contributed by atoms with Gasteiger partial charge < -0.3 is 0 Å². The smallest absolute Gasteiger partial charge is 0.0243 e. The zero-order valence-electron chi connectivity index (χ0n) is 16.6. The number of fused-ring (bicyclic) bond motifs is 1. The summed E-state index contributed by atoms with van der Waals surface area (Å²) in [5, 5.41) is 2.70. The normalized spacial score (nSPS) is 12.0. The van der Waals surface area contributed by atoms with Crippen molar-refractivity contribution in [3.63, 3.8) is 0 Å². The molecule has 0 aliphatic rings. The average molecular weight is 346 g/mol. The molecule has 0 atom stereocenters. The predicted molar refractivity (Wildman–Crippen MR) is 113 cm³/mol. The molecule has 3 aromatic carbocycles. The van der Waals surface area contributed by atoms with E-state index in [4.69, 9.17) is 0 Å². The van der Waals surface area contributed by atoms with E-state index in [9.17, 15) is 0 Å². The maximum atomic E-state index is 2.52. The molecule has 0 heterocycles. The van der Waals surface area contributed by atoms with Gasteiger partial charge in [-0.3, -0.25) is 4.90 Å². The van der Waals surface area contributed by atoms with Gasteiger partial charge in [-0.2, -0.15) is 0 Å². The topological polar surface area (TPSA) is 3.24 Å². The second-order valence-corrected chi connectivity index (χ2v) is 7.88. The molecule has 0 aromatic heterocycles. The molecule has 26 heavy (non-hydrogen) atoms. The summed E-state index contributed by atoms with van der Waals surface area (Å²) < 4.78 is 0. The van der Waals surface area contributed by atoms with Crippen molar-refractivity contribution in [3.05, 3.63) is 83.4 Å². The van der Waals surface area contributed by atoms with Gasteiger partial charge in [-0.1, -0.05) is 94.4 Å². The quantitative estimate of drug-likeness (QED) is 0.469. The molecule has 0 bridgehead atoms. The van der Waals surface area contributed by atoms with Crippen molar-refractivity contribution in [1.82, 2.24) is 4.90 Å². The van der Waals surface area contributed by atoms with Crippen LogP contribution in [0, 0.1) is 0 Å². The standard InChI is InChI=1S/C25H31N/c1-5-25(3,4)23-16-14-20(15-17-23)18-26(6-2)19-22-12-9-11-21-10-7-8-13-24(21)22/h7-17H,5-6,18-19H2,1-4H3. The molecule has 3 rings (SSSR count). The molecule has 136 valence electrons. The van der Waals surface area contributed by atoms with Crippen molar-refractivity contribution in [1.29, 1.82) is 0 Å². The molecule has 0 N–H and O–H groups in total. The van der Waals surface area contributed by atoms with Crippen LogP contribution in [-0.4, -0.2) is 11.4 Å². The molecule has 0 saturated carbocycles. The molecule has 1 heteroatoms. The highest BCUT2D eigenvalue weighted by atomic mass is 15.1. The van der Waals surface area contributed by atoms with Gasteiger partial charge in [-0.05, 0) is 45.8 Å². The minimum atomic E-state index is 0.256. The van der Waals surface area contributed by atoms with Gasteiger partial charge in [-0.25, -0.2) is 0 Å². The van der Waals surface area contributed by atoms with Gasteiger partial charge in [0.1, 0.15) is 0 Å². The summed E-state index contributed by atoms with van der Waals surface area (Å²) in [6.45, 7) is 12.2. The van der Waals surface area contributed by atoms with E-state index in [1.165, 1.54) is 27.5 Å². The van der Waals surface area contributed by atoms with Crippen LogP contribution in [0.15, 0.2) is 66.7 Å². The summed E-state index contributed by atoms with van der Waals surface area (Å²) in [4.78, 5) is 2.52. The molecule has 0 radical (unpaired) electrons. The lowest BCUT2D eigenvalue weighted by Gasteiger charge is -2.25. The summed E-state index contributed by atoms with van der Waals surface area (Å²) in [7, 11) is 0. The third kappa shape index (κ3) is 4.16. The maximum Gasteiger partial charge on any atom is 0.0243 e. The largest absolute Gasteiger partial charge is 0.295 e. The van der Waals surface area contributed by atoms with Crippen LogP contribution in [0.5, 0.6) is 0 Å². The van der Waals surface area contributed by atoms with E-state index in [0.717, 1.165) is 26.1 Å². The van der Waals surface area contributed by atoms with Crippen LogP contribution >= 0.6 is 0 Å². The van der Waals surface area contributed by atoms with Crippen LogP contribution in [0.2, 0.25) is 0 Å². The molecule has 3 aromatic rings. The highest BCUT2D eigenvalue weighted by Gasteiger charge is 2.17. The van der Waals surface area contributed by atoms with Crippen molar-refractivity contribution >= 4 is 10.8 Å². The molecule has 0 fully saturated rings. The fourth-order valence-corrected chi connectivity index (χ4v) is 3.47. The summed E-state index contributed by atoms with van der Waals surface area (Å²) in [6, 6.07) is 24.5. The van der Waals surface area contributed by atoms with Gasteiger partial charge in [0.2, 0.25) is 0 Å². The Kier molecular flexibility index (Phi) is 5.78. The molecular weight excluding hydrogens is 314 g/mol. The second-order valence-electron chi connectivity index (χ2n) is 7.88. The third-order valence-corrected chi connectivity index (χ3v) is 5.75. The van der Waals surface area contributed by atoms with Gasteiger partial charge in [0.15, 0.2) is 0 Å². The van der Waals surface area contributed by atoms with Crippen molar-refractivity contribution in [2.45, 2.75) is 52.6 Å². The van der Waals surface area contributed by atoms with E-state index in [2.05, 4.69) is 99.3 Å². The molecule has 1 nitrogen and oxygen atoms in total. The van der Waals surface area contributed by atoms with E-state index < -0.39 is 0 Å². The molecular formula is C25H31N. The molecule has 0 aliphatic carbocycles. The van der Waals surface area contributed by atoms with Gasteiger partial charge in [0.05, 0.1) is 0 Å². The maximum absolute atomic E-state index is 2.52. The monoisotopic (exact) mass is 345 g/mol. The minimum absolute atomic E-state index is 0.256. The first-order valence-corrected chi connectivity index (χ1v) is 9.82. The summed E-state index contributed by atoms with van der Waals surface area (Å²) >= 11 is 0. The van der Waals surface area contributed by atoms with E-state index >= 15 is 0 Å². The summed E-state index contributed by atoms with van der Waals surface area (Å²) in [5.41, 5.74) is 4.49. The predicted octanol–water partition coefficient (Wildman–Crippen LogP) is 6.55. The SMILES string of the molecule is CCN(Cc1ccc(C(C)(C)CC)cc1)Cc1cccc2ccccc12. The van der Waals surface area contributed by atoms with Crippen molar-refractivity contribution in [2.24, 2.45) is 0 Å². The molecule has 0 aliphatic heterocycles. The number of hydrogen-bond donors (Lipinski definition) is 0. The lowest BCUT2D eigenvalue weighted by atomic mass is 9.82. The van der Waals surface area contributed by atoms with Gasteiger partial charge in [0.25, 0.3) is 0 Å². The zero-order chi connectivity index (χ0) is 18.6. The van der Waals surface area contributed by atoms with Gasteiger partial charge >= 0.3 is 0 Å². The number of benzene rings is 3. The Labute approximate surface area is 158 Å². The van der Waals surface area contributed by atoms with Crippen molar-refractivity contribution in [2.75, 3.05) is 6.54 Å². The Morgan fingerprint density at radius 1 is 0.769 bits per heavy atom. The van der Waals surface area contributed by atoms with Crippen molar-refractivity contribution in [3.8, 4) is 0 Å². The van der Waals surface area contributed by atoms with E-state index in [1.54, 1.807) is 0 Å². The Morgan fingerprint density at radius 2 is 1.46 bits per heavy atom. The summed E-state index contributed by atoms with van der Waals surface area (Å²) in [6.07, 6.45) is 1.16. The lowest BCUT2D eigenvalue weighted by molar-refractivity contribution is 0.272. The van der Waals surface area contributed by atoms with Crippen LogP contribution in [-0.2, 0) is 18.5 Å². The first-order valence-electron chi connectivity index (χ1n) is 9.82. The highest BCUT2D eigenvalue weighted by Crippen LogP contribution is 2.27. The molecule has 0 saturated heterocycles. The van der Waals surface area contributed by atoms with Crippen LogP contribution in [0.3, 0.4) is 0 Å². The van der Waals surface area contributed by atoms with Crippen LogP contribution in [0.1, 0.15) is 50.8 Å². The zero-order valence-corrected chi connectivity index (χ0v) is 16.6. The fraction of sp³-hybridized carbons (Fsp3) is 0.360. The van der Waals surface area contributed by atoms with Gasteiger partial charge in [-0.15, -0.1) is 0 Å². The Morgan fingerprint density at radius 3 is 2.15 bits per heavy atom. The third-order valence-electron chi connectivity index (χ3n) is 5.75. The van der Waals surface area contributed by atoms with E-state index in [0.29, 0.717) is 0 Å².